The van der Waals surface area contributed by atoms with E-state index in [0.717, 1.165) is 4.31 Å². The number of halogens is 1. The molecular weight excluding hydrogens is 198 g/mol. The van der Waals surface area contributed by atoms with Crippen LogP contribution in [0.15, 0.2) is 24.3 Å². The van der Waals surface area contributed by atoms with Crippen molar-refractivity contribution in [3.05, 3.63) is 29.3 Å². The minimum Gasteiger partial charge on any atom is -0.274 e. The summed E-state index contributed by atoms with van der Waals surface area (Å²) in [5.41, 5.74) is 0.496. The van der Waals surface area contributed by atoms with Crippen LogP contribution in [-0.4, -0.2) is 15.5 Å². The van der Waals surface area contributed by atoms with Crippen molar-refractivity contribution in [3.8, 4) is 0 Å². The van der Waals surface area contributed by atoms with Crippen molar-refractivity contribution in [1.82, 2.24) is 0 Å². The van der Waals surface area contributed by atoms with E-state index in [2.05, 4.69) is 0 Å². The molecule has 0 bridgehead atoms. The second-order valence-electron chi connectivity index (χ2n) is 2.21. The Labute approximate surface area is 77.7 Å². The summed E-state index contributed by atoms with van der Waals surface area (Å²) in [6, 6.07) is 6.77. The second kappa shape index (κ2) is 3.78. The third kappa shape index (κ3) is 1.89. The van der Waals surface area contributed by atoms with Crippen LogP contribution in [-0.2, 0) is 10.9 Å². The van der Waals surface area contributed by atoms with Crippen LogP contribution in [0, 0.1) is 0 Å². The van der Waals surface area contributed by atoms with E-state index in [4.69, 9.17) is 11.6 Å². The topological polar surface area (TPSA) is 37.4 Å². The van der Waals surface area contributed by atoms with Crippen molar-refractivity contribution in [3.63, 3.8) is 0 Å². The number of hydrogen-bond donors (Lipinski definition) is 1. The van der Waals surface area contributed by atoms with E-state index >= 15 is 0 Å². The number of thiol groups is 1. The first kappa shape index (κ1) is 9.35. The van der Waals surface area contributed by atoms with Gasteiger partial charge >= 0.3 is 0 Å². The smallest absolute Gasteiger partial charge is 0.224 e. The molecule has 66 valence electrons. The predicted molar refractivity (Wildman–Crippen MR) is 50.2 cm³/mol. The van der Waals surface area contributed by atoms with Gasteiger partial charge in [0.2, 0.25) is 10.9 Å². The molecule has 12 heavy (non-hydrogen) atoms. The van der Waals surface area contributed by atoms with Gasteiger partial charge in [-0.3, -0.25) is 4.31 Å². The van der Waals surface area contributed by atoms with Gasteiger partial charge in [-0.05, 0) is 12.1 Å². The molecule has 0 radical (unpaired) electrons. The Hall–Kier alpha value is -0.740. The molecule has 3 nitrogen and oxygen atoms in total. The van der Waals surface area contributed by atoms with Crippen molar-refractivity contribution >= 4 is 28.2 Å². The number of benzene rings is 1. The fraction of sp³-hybridized carbons (Fsp3) is 0.143. The lowest BCUT2D eigenvalue weighted by molar-refractivity contribution is 0.613. The zero-order valence-electron chi connectivity index (χ0n) is 6.40. The van der Waals surface area contributed by atoms with Gasteiger partial charge in [-0.1, -0.05) is 23.7 Å². The number of hydrogen-bond acceptors (Lipinski definition) is 2. The lowest BCUT2D eigenvalue weighted by Crippen LogP contribution is -2.14. The lowest BCUT2D eigenvalue weighted by atomic mass is 10.3. The standard InChI is InChI=1S/C7H8ClNO2S/c1-9(12(10)11)7-5-3-2-4-6(7)8/h2-5,12H,1H3. The molecule has 0 N–H and O–H groups in total. The van der Waals surface area contributed by atoms with Gasteiger partial charge in [-0.15, -0.1) is 0 Å². The maximum atomic E-state index is 10.6. The highest BCUT2D eigenvalue weighted by Crippen LogP contribution is 2.23. The average Bonchev–Trinajstić information content (AvgIpc) is 2.04. The van der Waals surface area contributed by atoms with Gasteiger partial charge in [-0.25, -0.2) is 8.42 Å². The fourth-order valence-electron chi connectivity index (χ4n) is 0.802. The second-order valence-corrected chi connectivity index (χ2v) is 3.70. The van der Waals surface area contributed by atoms with Gasteiger partial charge in [0.15, 0.2) is 0 Å². The molecule has 0 spiro atoms. The van der Waals surface area contributed by atoms with E-state index in [1.807, 2.05) is 0 Å². The Kier molecular flexibility index (Phi) is 2.94. The number of para-hydroxylation sites is 1. The van der Waals surface area contributed by atoms with Crippen molar-refractivity contribution in [2.75, 3.05) is 11.4 Å². The molecule has 0 unspecified atom stereocenters. The minimum absolute atomic E-state index is 0.430. The molecule has 0 saturated carbocycles. The minimum atomic E-state index is -2.61. The summed E-state index contributed by atoms with van der Waals surface area (Å²) in [7, 11) is -1.15. The molecule has 0 atom stereocenters. The first-order valence-electron chi connectivity index (χ1n) is 3.25. The number of anilines is 1. The third-order valence-electron chi connectivity index (χ3n) is 1.45. The van der Waals surface area contributed by atoms with E-state index in [1.54, 1.807) is 24.3 Å². The zero-order chi connectivity index (χ0) is 9.14. The monoisotopic (exact) mass is 205 g/mol. The lowest BCUT2D eigenvalue weighted by Gasteiger charge is -2.11. The molecule has 0 aliphatic rings. The molecule has 0 saturated heterocycles. The summed E-state index contributed by atoms with van der Waals surface area (Å²) in [5.74, 6) is 0. The Balaban J connectivity index is 3.11. The molecule has 5 heteroatoms. The molecule has 0 heterocycles. The van der Waals surface area contributed by atoms with Gasteiger partial charge in [0, 0.05) is 7.05 Å². The summed E-state index contributed by atoms with van der Waals surface area (Å²) in [6.07, 6.45) is 0. The molecule has 0 amide bonds. The van der Waals surface area contributed by atoms with Gasteiger partial charge in [0.1, 0.15) is 0 Å². The van der Waals surface area contributed by atoms with Crippen LogP contribution < -0.4 is 4.31 Å². The molecule has 0 aliphatic heterocycles. The molecule has 1 rings (SSSR count). The van der Waals surface area contributed by atoms with Crippen molar-refractivity contribution < 1.29 is 8.42 Å². The molecule has 0 aromatic heterocycles. The van der Waals surface area contributed by atoms with E-state index in [9.17, 15) is 8.42 Å². The Morgan fingerprint density at radius 3 is 2.42 bits per heavy atom. The Morgan fingerprint density at radius 1 is 1.33 bits per heavy atom. The van der Waals surface area contributed by atoms with Crippen LogP contribution in [0.4, 0.5) is 5.69 Å². The van der Waals surface area contributed by atoms with Crippen LogP contribution >= 0.6 is 11.6 Å². The summed E-state index contributed by atoms with van der Waals surface area (Å²) in [4.78, 5) is 0. The molecule has 0 aliphatic carbocycles. The predicted octanol–water partition coefficient (Wildman–Crippen LogP) is 1.30. The first-order chi connectivity index (χ1) is 5.63. The Morgan fingerprint density at radius 2 is 1.92 bits per heavy atom. The summed E-state index contributed by atoms with van der Waals surface area (Å²) in [6.45, 7) is 0. The van der Waals surface area contributed by atoms with Crippen LogP contribution in [0.3, 0.4) is 0 Å². The highest BCUT2D eigenvalue weighted by molar-refractivity contribution is 7.74. The van der Waals surface area contributed by atoms with Gasteiger partial charge in [0.05, 0.1) is 10.7 Å². The van der Waals surface area contributed by atoms with E-state index in [-0.39, 0.29) is 0 Å². The summed E-state index contributed by atoms with van der Waals surface area (Å²) < 4.78 is 22.2. The summed E-state index contributed by atoms with van der Waals surface area (Å²) >= 11 is 5.75. The van der Waals surface area contributed by atoms with Crippen LogP contribution in [0.25, 0.3) is 0 Å². The number of rotatable bonds is 2. The maximum Gasteiger partial charge on any atom is 0.224 e. The largest absolute Gasteiger partial charge is 0.274 e. The third-order valence-corrected chi connectivity index (χ3v) is 2.47. The first-order valence-corrected chi connectivity index (χ1v) is 4.76. The highest BCUT2D eigenvalue weighted by atomic mass is 35.5. The normalized spacial score (nSPS) is 10.2. The molecule has 1 aromatic carbocycles. The van der Waals surface area contributed by atoms with E-state index < -0.39 is 10.9 Å². The molecule has 1 aromatic rings. The van der Waals surface area contributed by atoms with Crippen molar-refractivity contribution in [2.24, 2.45) is 0 Å². The van der Waals surface area contributed by atoms with E-state index in [0.29, 0.717) is 10.7 Å². The van der Waals surface area contributed by atoms with Gasteiger partial charge in [0.25, 0.3) is 0 Å². The molecular formula is C7H8ClNO2S. The zero-order valence-corrected chi connectivity index (χ0v) is 8.05. The van der Waals surface area contributed by atoms with Crippen molar-refractivity contribution in [1.29, 1.82) is 0 Å². The van der Waals surface area contributed by atoms with E-state index in [1.165, 1.54) is 7.05 Å². The average molecular weight is 206 g/mol. The maximum absolute atomic E-state index is 10.6. The van der Waals surface area contributed by atoms with Crippen LogP contribution in [0.5, 0.6) is 0 Å². The SMILES string of the molecule is CN(c1ccccc1Cl)[SH](=O)=O. The fourth-order valence-corrected chi connectivity index (χ4v) is 1.47. The number of nitrogens with zero attached hydrogens (tertiary/aromatic N) is 1. The summed E-state index contributed by atoms with van der Waals surface area (Å²) in [5, 5.41) is 0.430. The van der Waals surface area contributed by atoms with Crippen LogP contribution in [0.2, 0.25) is 5.02 Å². The van der Waals surface area contributed by atoms with Crippen molar-refractivity contribution in [2.45, 2.75) is 0 Å². The Bertz CT molecular complexity index is 343. The quantitative estimate of drug-likeness (QED) is 0.740. The van der Waals surface area contributed by atoms with Crippen LogP contribution in [0.1, 0.15) is 0 Å². The van der Waals surface area contributed by atoms with Gasteiger partial charge < -0.3 is 0 Å². The molecule has 0 fully saturated rings. The highest BCUT2D eigenvalue weighted by Gasteiger charge is 2.04. The van der Waals surface area contributed by atoms with Gasteiger partial charge in [-0.2, -0.15) is 0 Å².